The zero-order valence-corrected chi connectivity index (χ0v) is 14.2. The predicted molar refractivity (Wildman–Crippen MR) is 90.4 cm³/mol. The third kappa shape index (κ3) is 4.71. The number of carbonyl (C=O) groups is 2. The lowest BCUT2D eigenvalue weighted by atomic mass is 9.96. The Kier molecular flexibility index (Phi) is 5.83. The smallest absolute Gasteiger partial charge is 0.329 e. The van der Waals surface area contributed by atoms with Gasteiger partial charge in [0, 0.05) is 6.42 Å². The Balaban J connectivity index is 2.11. The highest BCUT2D eigenvalue weighted by Crippen LogP contribution is 2.27. The van der Waals surface area contributed by atoms with Gasteiger partial charge in [-0.25, -0.2) is 4.79 Å². The molecule has 0 aromatic heterocycles. The SMILES string of the molecule is CC(C)OC(=O)[C@H](Cc1ccc(O)cc1)NC(=O)C1(N)CCCC1. The van der Waals surface area contributed by atoms with Gasteiger partial charge in [0.1, 0.15) is 11.8 Å². The highest BCUT2D eigenvalue weighted by molar-refractivity contribution is 5.90. The van der Waals surface area contributed by atoms with Crippen molar-refractivity contribution in [2.24, 2.45) is 5.73 Å². The van der Waals surface area contributed by atoms with Crippen LogP contribution in [0.3, 0.4) is 0 Å². The fraction of sp³-hybridized carbons (Fsp3) is 0.556. The number of esters is 1. The maximum Gasteiger partial charge on any atom is 0.329 e. The van der Waals surface area contributed by atoms with E-state index < -0.39 is 17.6 Å². The van der Waals surface area contributed by atoms with Crippen LogP contribution in [0, 0.1) is 0 Å². The molecular weight excluding hydrogens is 308 g/mol. The molecule has 0 bridgehead atoms. The number of carbonyl (C=O) groups excluding carboxylic acids is 2. The lowest BCUT2D eigenvalue weighted by Gasteiger charge is -2.26. The first-order valence-corrected chi connectivity index (χ1v) is 8.38. The van der Waals surface area contributed by atoms with Crippen molar-refractivity contribution in [2.45, 2.75) is 63.6 Å². The molecule has 132 valence electrons. The van der Waals surface area contributed by atoms with Crippen LogP contribution in [0.15, 0.2) is 24.3 Å². The Bertz CT molecular complexity index is 577. The molecule has 2 rings (SSSR count). The fourth-order valence-corrected chi connectivity index (χ4v) is 2.91. The lowest BCUT2D eigenvalue weighted by Crippen LogP contribution is -2.56. The van der Waals surface area contributed by atoms with Gasteiger partial charge in [0.2, 0.25) is 5.91 Å². The summed E-state index contributed by atoms with van der Waals surface area (Å²) in [5.41, 5.74) is 6.09. The van der Waals surface area contributed by atoms with Gasteiger partial charge in [-0.15, -0.1) is 0 Å². The van der Waals surface area contributed by atoms with Gasteiger partial charge in [-0.3, -0.25) is 4.79 Å². The highest BCUT2D eigenvalue weighted by atomic mass is 16.5. The zero-order valence-electron chi connectivity index (χ0n) is 14.2. The molecule has 0 aliphatic heterocycles. The van der Waals surface area contributed by atoms with Crippen molar-refractivity contribution in [3.63, 3.8) is 0 Å². The van der Waals surface area contributed by atoms with E-state index in [0.717, 1.165) is 18.4 Å². The molecule has 0 saturated heterocycles. The number of aromatic hydroxyl groups is 1. The topological polar surface area (TPSA) is 102 Å². The van der Waals surface area contributed by atoms with Crippen molar-refractivity contribution >= 4 is 11.9 Å². The Labute approximate surface area is 142 Å². The van der Waals surface area contributed by atoms with Crippen LogP contribution in [0.2, 0.25) is 0 Å². The standard InChI is InChI=1S/C18H26N2O4/c1-12(2)24-16(22)15(11-13-5-7-14(21)8-6-13)20-17(23)18(19)9-3-4-10-18/h5-8,12,15,21H,3-4,9-11,19H2,1-2H3,(H,20,23)/t15-/m0/s1. The third-order valence-electron chi connectivity index (χ3n) is 4.27. The van der Waals surface area contributed by atoms with E-state index >= 15 is 0 Å². The van der Waals surface area contributed by atoms with Crippen molar-refractivity contribution in [1.82, 2.24) is 5.32 Å². The van der Waals surface area contributed by atoms with E-state index in [9.17, 15) is 14.7 Å². The van der Waals surface area contributed by atoms with Gasteiger partial charge < -0.3 is 20.9 Å². The number of hydrogen-bond donors (Lipinski definition) is 3. The fourth-order valence-electron chi connectivity index (χ4n) is 2.91. The average Bonchev–Trinajstić information content (AvgIpc) is 2.96. The lowest BCUT2D eigenvalue weighted by molar-refractivity contribution is -0.151. The van der Waals surface area contributed by atoms with E-state index in [0.29, 0.717) is 12.8 Å². The maximum absolute atomic E-state index is 12.5. The van der Waals surface area contributed by atoms with E-state index in [2.05, 4.69) is 5.32 Å². The van der Waals surface area contributed by atoms with Crippen molar-refractivity contribution in [3.05, 3.63) is 29.8 Å². The summed E-state index contributed by atoms with van der Waals surface area (Å²) in [6, 6.07) is 5.72. The summed E-state index contributed by atoms with van der Waals surface area (Å²) in [5, 5.41) is 12.1. The third-order valence-corrected chi connectivity index (χ3v) is 4.27. The summed E-state index contributed by atoms with van der Waals surface area (Å²) in [6.07, 6.45) is 3.11. The summed E-state index contributed by atoms with van der Waals surface area (Å²) in [7, 11) is 0. The molecule has 6 nitrogen and oxygen atoms in total. The van der Waals surface area contributed by atoms with Crippen molar-refractivity contribution in [1.29, 1.82) is 0 Å². The molecule has 1 aliphatic rings. The van der Waals surface area contributed by atoms with Crippen LogP contribution >= 0.6 is 0 Å². The molecule has 1 aliphatic carbocycles. The van der Waals surface area contributed by atoms with Gasteiger partial charge in [0.15, 0.2) is 0 Å². The van der Waals surface area contributed by atoms with E-state index in [1.54, 1.807) is 38.1 Å². The van der Waals surface area contributed by atoms with Crippen LogP contribution in [0.25, 0.3) is 0 Å². The molecule has 1 atom stereocenters. The van der Waals surface area contributed by atoms with E-state index in [-0.39, 0.29) is 24.2 Å². The molecule has 0 unspecified atom stereocenters. The minimum atomic E-state index is -0.898. The zero-order chi connectivity index (χ0) is 17.7. The van der Waals surface area contributed by atoms with Crippen LogP contribution in [-0.2, 0) is 20.7 Å². The van der Waals surface area contributed by atoms with E-state index in [1.807, 2.05) is 0 Å². The average molecular weight is 334 g/mol. The van der Waals surface area contributed by atoms with E-state index in [1.165, 1.54) is 0 Å². The van der Waals surface area contributed by atoms with Crippen LogP contribution in [0.5, 0.6) is 5.75 Å². The van der Waals surface area contributed by atoms with Gasteiger partial charge in [-0.2, -0.15) is 0 Å². The first-order valence-electron chi connectivity index (χ1n) is 8.38. The Hall–Kier alpha value is -2.08. The Morgan fingerprint density at radius 3 is 2.38 bits per heavy atom. The molecule has 24 heavy (non-hydrogen) atoms. The minimum Gasteiger partial charge on any atom is -0.508 e. The summed E-state index contributed by atoms with van der Waals surface area (Å²) in [5.74, 6) is -0.631. The number of amides is 1. The van der Waals surface area contributed by atoms with Crippen LogP contribution < -0.4 is 11.1 Å². The Morgan fingerprint density at radius 1 is 1.25 bits per heavy atom. The van der Waals surface area contributed by atoms with Gasteiger partial charge in [0.25, 0.3) is 0 Å². The molecule has 0 radical (unpaired) electrons. The first kappa shape index (κ1) is 18.3. The van der Waals surface area contributed by atoms with Crippen LogP contribution in [0.1, 0.15) is 45.1 Å². The van der Waals surface area contributed by atoms with Gasteiger partial charge in [-0.1, -0.05) is 25.0 Å². The van der Waals surface area contributed by atoms with Crippen LogP contribution in [-0.4, -0.2) is 34.7 Å². The summed E-state index contributed by atoms with van der Waals surface area (Å²) in [4.78, 5) is 24.9. The number of phenolic OH excluding ortho intramolecular Hbond substituents is 1. The van der Waals surface area contributed by atoms with Gasteiger partial charge >= 0.3 is 5.97 Å². The number of hydrogen-bond acceptors (Lipinski definition) is 5. The van der Waals surface area contributed by atoms with Gasteiger partial charge in [-0.05, 0) is 44.4 Å². The van der Waals surface area contributed by atoms with Gasteiger partial charge in [0.05, 0.1) is 11.6 Å². The predicted octanol–water partition coefficient (Wildman–Crippen LogP) is 1.64. The van der Waals surface area contributed by atoms with Crippen molar-refractivity contribution in [2.75, 3.05) is 0 Å². The summed E-state index contributed by atoms with van der Waals surface area (Å²) in [6.45, 7) is 3.53. The molecule has 0 heterocycles. The van der Waals surface area contributed by atoms with Crippen molar-refractivity contribution in [3.8, 4) is 5.75 Å². The normalized spacial score (nSPS) is 17.5. The number of nitrogens with two attached hydrogens (primary N) is 1. The minimum absolute atomic E-state index is 0.149. The van der Waals surface area contributed by atoms with Crippen LogP contribution in [0.4, 0.5) is 0 Å². The quantitative estimate of drug-likeness (QED) is 0.687. The molecule has 0 spiro atoms. The van der Waals surface area contributed by atoms with Crippen molar-refractivity contribution < 1.29 is 19.4 Å². The monoisotopic (exact) mass is 334 g/mol. The second-order valence-electron chi connectivity index (χ2n) is 6.75. The largest absolute Gasteiger partial charge is 0.508 e. The molecule has 6 heteroatoms. The molecular formula is C18H26N2O4. The summed E-state index contributed by atoms with van der Waals surface area (Å²) >= 11 is 0. The molecule has 1 fully saturated rings. The number of nitrogens with one attached hydrogen (secondary N) is 1. The number of benzene rings is 1. The second kappa shape index (κ2) is 7.66. The maximum atomic E-state index is 12.5. The number of ether oxygens (including phenoxy) is 1. The molecule has 1 amide bonds. The Morgan fingerprint density at radius 2 is 1.83 bits per heavy atom. The molecule has 1 saturated carbocycles. The first-order chi connectivity index (χ1) is 11.3. The number of phenols is 1. The molecule has 1 aromatic carbocycles. The highest BCUT2D eigenvalue weighted by Gasteiger charge is 2.39. The van der Waals surface area contributed by atoms with E-state index in [4.69, 9.17) is 10.5 Å². The molecule has 4 N–H and O–H groups in total. The molecule has 1 aromatic rings. The number of rotatable bonds is 6. The summed E-state index contributed by atoms with van der Waals surface area (Å²) < 4.78 is 5.26. The second-order valence-corrected chi connectivity index (χ2v) is 6.75.